The van der Waals surface area contributed by atoms with Gasteiger partial charge in [-0.05, 0) is 89.5 Å². The van der Waals surface area contributed by atoms with Crippen LogP contribution in [0.5, 0.6) is 11.5 Å². The SMILES string of the molecule is COC(=O)Cc1c2c(cn1-c1ccc(OC)cc1)c(/C=C/C(=O)O)cc1cc(OC(=O)c3ccccc3C)ccc12. The van der Waals surface area contributed by atoms with Gasteiger partial charge in [-0.2, -0.15) is 0 Å². The van der Waals surface area contributed by atoms with Crippen molar-refractivity contribution in [3.8, 4) is 17.2 Å². The average molecular weight is 550 g/mol. The maximum Gasteiger partial charge on any atom is 0.343 e. The lowest BCUT2D eigenvalue weighted by Crippen LogP contribution is -2.10. The van der Waals surface area contributed by atoms with Crippen LogP contribution >= 0.6 is 0 Å². The number of ether oxygens (including phenoxy) is 3. The number of esters is 2. The lowest BCUT2D eigenvalue weighted by atomic mass is 9.97. The van der Waals surface area contributed by atoms with E-state index in [2.05, 4.69) is 0 Å². The molecule has 0 saturated carbocycles. The monoisotopic (exact) mass is 549 g/mol. The van der Waals surface area contributed by atoms with Crippen LogP contribution in [0.25, 0.3) is 33.3 Å². The third kappa shape index (κ3) is 5.53. The van der Waals surface area contributed by atoms with Crippen LogP contribution in [0.4, 0.5) is 0 Å². The Labute approximate surface area is 236 Å². The number of aryl methyl sites for hydroxylation is 1. The summed E-state index contributed by atoms with van der Waals surface area (Å²) in [5.41, 5.74) is 3.33. The Morgan fingerprint density at radius 1 is 0.902 bits per heavy atom. The second kappa shape index (κ2) is 11.4. The summed E-state index contributed by atoms with van der Waals surface area (Å²) in [6, 6.07) is 21.7. The Kier molecular flexibility index (Phi) is 7.56. The van der Waals surface area contributed by atoms with Crippen molar-refractivity contribution in [1.82, 2.24) is 4.57 Å². The minimum absolute atomic E-state index is 0.0305. The molecule has 0 saturated heterocycles. The minimum Gasteiger partial charge on any atom is -0.497 e. The third-order valence-electron chi connectivity index (χ3n) is 6.89. The predicted octanol–water partition coefficient (Wildman–Crippen LogP) is 6.13. The fraction of sp³-hybridized carbons (Fsp3) is 0.121. The third-order valence-corrected chi connectivity index (χ3v) is 6.89. The number of fused-ring (bicyclic) bond motifs is 3. The summed E-state index contributed by atoms with van der Waals surface area (Å²) in [7, 11) is 2.92. The summed E-state index contributed by atoms with van der Waals surface area (Å²) in [5.74, 6) is -0.982. The van der Waals surface area contributed by atoms with Crippen LogP contribution in [0.1, 0.15) is 27.2 Å². The van der Waals surface area contributed by atoms with Gasteiger partial charge in [0, 0.05) is 34.4 Å². The molecule has 8 heteroatoms. The van der Waals surface area contributed by atoms with Crippen molar-refractivity contribution >= 4 is 45.5 Å². The van der Waals surface area contributed by atoms with Gasteiger partial charge in [0.25, 0.3) is 0 Å². The van der Waals surface area contributed by atoms with Crippen molar-refractivity contribution in [2.75, 3.05) is 14.2 Å². The topological polar surface area (TPSA) is 104 Å². The van der Waals surface area contributed by atoms with Crippen LogP contribution in [0, 0.1) is 6.92 Å². The zero-order valence-corrected chi connectivity index (χ0v) is 22.7. The molecule has 0 aliphatic rings. The van der Waals surface area contributed by atoms with E-state index in [-0.39, 0.29) is 6.42 Å². The highest BCUT2D eigenvalue weighted by Crippen LogP contribution is 2.37. The Morgan fingerprint density at radius 3 is 2.32 bits per heavy atom. The highest BCUT2D eigenvalue weighted by atomic mass is 16.5. The first-order chi connectivity index (χ1) is 19.8. The maximum atomic E-state index is 12.9. The van der Waals surface area contributed by atoms with Gasteiger partial charge in [-0.3, -0.25) is 4.79 Å². The largest absolute Gasteiger partial charge is 0.497 e. The van der Waals surface area contributed by atoms with Crippen LogP contribution in [0.2, 0.25) is 0 Å². The van der Waals surface area contributed by atoms with Gasteiger partial charge in [0.2, 0.25) is 0 Å². The molecule has 4 aromatic carbocycles. The zero-order chi connectivity index (χ0) is 29.1. The van der Waals surface area contributed by atoms with Gasteiger partial charge in [-0.1, -0.05) is 18.2 Å². The molecule has 1 heterocycles. The number of benzene rings is 4. The molecule has 0 fully saturated rings. The summed E-state index contributed by atoms with van der Waals surface area (Å²) in [6.07, 6.45) is 4.42. The first-order valence-corrected chi connectivity index (χ1v) is 12.8. The van der Waals surface area contributed by atoms with E-state index in [1.165, 1.54) is 13.2 Å². The van der Waals surface area contributed by atoms with E-state index in [0.717, 1.165) is 33.5 Å². The molecule has 5 aromatic rings. The highest BCUT2D eigenvalue weighted by Gasteiger charge is 2.20. The molecule has 8 nitrogen and oxygen atoms in total. The Hall–Kier alpha value is -5.37. The fourth-order valence-corrected chi connectivity index (χ4v) is 4.88. The van der Waals surface area contributed by atoms with Gasteiger partial charge in [0.15, 0.2) is 0 Å². The number of aromatic nitrogens is 1. The first kappa shape index (κ1) is 27.2. The average Bonchev–Trinajstić information content (AvgIpc) is 3.35. The summed E-state index contributed by atoms with van der Waals surface area (Å²) >= 11 is 0. The quantitative estimate of drug-likeness (QED) is 0.141. The van der Waals surface area contributed by atoms with E-state index >= 15 is 0 Å². The van der Waals surface area contributed by atoms with Gasteiger partial charge in [0.05, 0.1) is 26.2 Å². The number of carboxylic acid groups (broad SMARTS) is 1. The van der Waals surface area contributed by atoms with Crippen LogP contribution in [-0.2, 0) is 20.7 Å². The fourth-order valence-electron chi connectivity index (χ4n) is 4.88. The van der Waals surface area contributed by atoms with E-state index in [9.17, 15) is 19.5 Å². The van der Waals surface area contributed by atoms with Gasteiger partial charge < -0.3 is 23.9 Å². The van der Waals surface area contributed by atoms with Crippen LogP contribution in [0.15, 0.2) is 85.1 Å². The number of carboxylic acids is 1. The molecule has 0 aliphatic carbocycles. The predicted molar refractivity (Wildman–Crippen MR) is 156 cm³/mol. The van der Waals surface area contributed by atoms with Gasteiger partial charge >= 0.3 is 17.9 Å². The molecular formula is C33H27NO7. The molecule has 5 rings (SSSR count). The van der Waals surface area contributed by atoms with Crippen molar-refractivity contribution in [1.29, 1.82) is 0 Å². The Morgan fingerprint density at radius 2 is 1.63 bits per heavy atom. The molecule has 0 spiro atoms. The molecule has 0 bridgehead atoms. The van der Waals surface area contributed by atoms with Crippen molar-refractivity contribution in [2.45, 2.75) is 13.3 Å². The van der Waals surface area contributed by atoms with E-state index in [1.807, 2.05) is 66.2 Å². The van der Waals surface area contributed by atoms with Crippen molar-refractivity contribution in [3.63, 3.8) is 0 Å². The first-order valence-electron chi connectivity index (χ1n) is 12.8. The number of hydrogen-bond acceptors (Lipinski definition) is 6. The summed E-state index contributed by atoms with van der Waals surface area (Å²) in [4.78, 5) is 36.9. The number of aliphatic carboxylic acids is 1. The highest BCUT2D eigenvalue weighted by molar-refractivity contribution is 6.14. The second-order valence-electron chi connectivity index (χ2n) is 9.41. The van der Waals surface area contributed by atoms with Crippen LogP contribution < -0.4 is 9.47 Å². The zero-order valence-electron chi connectivity index (χ0n) is 22.7. The molecule has 0 atom stereocenters. The smallest absolute Gasteiger partial charge is 0.343 e. The van der Waals surface area contributed by atoms with E-state index in [4.69, 9.17) is 14.2 Å². The molecule has 0 aliphatic heterocycles. The Balaban J connectivity index is 1.72. The maximum absolute atomic E-state index is 12.9. The Bertz CT molecular complexity index is 1830. The number of methoxy groups -OCH3 is 2. The second-order valence-corrected chi connectivity index (χ2v) is 9.41. The summed E-state index contributed by atoms with van der Waals surface area (Å²) in [5, 5.41) is 12.4. The number of rotatable bonds is 8. The van der Waals surface area contributed by atoms with Gasteiger partial charge in [-0.15, -0.1) is 0 Å². The molecule has 0 radical (unpaired) electrons. The van der Waals surface area contributed by atoms with E-state index in [1.54, 1.807) is 31.4 Å². The lowest BCUT2D eigenvalue weighted by molar-refractivity contribution is -0.139. The lowest BCUT2D eigenvalue weighted by Gasteiger charge is -2.12. The van der Waals surface area contributed by atoms with Gasteiger partial charge in [0.1, 0.15) is 11.5 Å². The number of hydrogen-bond donors (Lipinski definition) is 1. The summed E-state index contributed by atoms with van der Waals surface area (Å²) < 4.78 is 17.9. The standard InChI is InChI=1S/C33H27NO7/c1-20-6-4-5-7-26(20)33(38)41-25-13-14-27-22(17-25)16-21(8-15-30(35)36)28-19-34(23-9-11-24(39-2)12-10-23)29(32(27)28)18-31(37)40-3/h4-17,19H,18H2,1-3H3,(H,35,36)/b15-8+. The molecule has 206 valence electrons. The van der Waals surface area contributed by atoms with Crippen molar-refractivity contribution in [3.05, 3.63) is 107 Å². The number of carbonyl (C=O) groups is 3. The van der Waals surface area contributed by atoms with Crippen LogP contribution in [0.3, 0.4) is 0 Å². The molecule has 1 aromatic heterocycles. The summed E-state index contributed by atoms with van der Waals surface area (Å²) in [6.45, 7) is 1.84. The molecule has 0 unspecified atom stereocenters. The number of carbonyl (C=O) groups excluding carboxylic acids is 2. The molecule has 1 N–H and O–H groups in total. The van der Waals surface area contributed by atoms with E-state index < -0.39 is 17.9 Å². The van der Waals surface area contributed by atoms with Crippen molar-refractivity contribution < 1.29 is 33.7 Å². The molecular weight excluding hydrogens is 522 g/mol. The molecule has 41 heavy (non-hydrogen) atoms. The normalized spacial score (nSPS) is 11.2. The van der Waals surface area contributed by atoms with Gasteiger partial charge in [-0.25, -0.2) is 9.59 Å². The molecule has 0 amide bonds. The van der Waals surface area contributed by atoms with Crippen molar-refractivity contribution in [2.24, 2.45) is 0 Å². The van der Waals surface area contributed by atoms with Crippen LogP contribution in [-0.4, -0.2) is 41.8 Å². The number of nitrogens with zero attached hydrogens (tertiary/aromatic N) is 1. The minimum atomic E-state index is -1.09. The van der Waals surface area contributed by atoms with E-state index in [0.29, 0.717) is 33.7 Å².